The minimum atomic E-state index is -1.91. The van der Waals surface area contributed by atoms with Crippen molar-refractivity contribution in [1.82, 2.24) is 125 Å². The normalized spacial score (nSPS) is 16.4. The Morgan fingerprint density at radius 2 is 0.830 bits per heavy atom. The van der Waals surface area contributed by atoms with Gasteiger partial charge in [0.25, 0.3) is 0 Å². The predicted molar refractivity (Wildman–Crippen MR) is 522 cm³/mol. The number of carboxylic acid groups (broad SMARTS) is 2. The molecule has 802 valence electrons. The van der Waals surface area contributed by atoms with Gasteiger partial charge in [-0.1, -0.05) is 84.4 Å². The number of carboxylic acids is 2. The summed E-state index contributed by atoms with van der Waals surface area (Å²) in [7, 11) is 0. The van der Waals surface area contributed by atoms with Crippen molar-refractivity contribution in [3.63, 3.8) is 0 Å². The number of para-hydroxylation sites is 2. The van der Waals surface area contributed by atoms with Crippen LogP contribution in [0.1, 0.15) is 148 Å². The van der Waals surface area contributed by atoms with Gasteiger partial charge in [0.05, 0.1) is 77.0 Å². The molecular formula is C94H135N27O26. The number of hydrogen-bond donors (Lipinski definition) is 28. The number of amides is 19. The number of aromatic amines is 4. The number of aliphatic hydroxyl groups excluding tert-OH is 3. The van der Waals surface area contributed by atoms with Gasteiger partial charge in [-0.15, -0.1) is 0 Å². The maximum absolute atomic E-state index is 14.7. The lowest BCUT2D eigenvalue weighted by molar-refractivity contribution is -0.146. The first kappa shape index (κ1) is 117. The smallest absolute Gasteiger partial charge is 0.326 e. The van der Waals surface area contributed by atoms with Crippen LogP contribution in [0, 0.1) is 17.8 Å². The minimum Gasteiger partial charge on any atom is -0.481 e. The van der Waals surface area contributed by atoms with Crippen molar-refractivity contribution in [3.05, 3.63) is 108 Å². The molecule has 6 heterocycles. The maximum Gasteiger partial charge on any atom is 0.326 e. The summed E-state index contributed by atoms with van der Waals surface area (Å²) in [6, 6.07) is -9.14. The first-order valence-corrected chi connectivity index (χ1v) is 48.4. The second kappa shape index (κ2) is 57.3. The third-order valence-corrected chi connectivity index (χ3v) is 24.6. The van der Waals surface area contributed by atoms with E-state index in [9.17, 15) is 126 Å². The van der Waals surface area contributed by atoms with Gasteiger partial charge in [0, 0.05) is 96.8 Å². The number of benzene rings is 2. The van der Waals surface area contributed by atoms with Crippen molar-refractivity contribution in [1.29, 1.82) is 0 Å². The van der Waals surface area contributed by atoms with Crippen LogP contribution in [-0.4, -0.2) is 345 Å². The number of unbranched alkanes of at least 4 members (excludes halogenated alkanes) is 1. The molecule has 2 aromatic carbocycles. The second-order valence-corrected chi connectivity index (χ2v) is 37.0. The molecule has 53 heteroatoms. The van der Waals surface area contributed by atoms with Crippen molar-refractivity contribution in [2.75, 3.05) is 59.0 Å². The van der Waals surface area contributed by atoms with Crippen LogP contribution >= 0.6 is 0 Å². The number of primary amides is 1. The van der Waals surface area contributed by atoms with Crippen molar-refractivity contribution in [2.24, 2.45) is 35.0 Å². The van der Waals surface area contributed by atoms with Crippen LogP contribution in [0.5, 0.6) is 0 Å². The van der Waals surface area contributed by atoms with Gasteiger partial charge in [-0.3, -0.25) is 95.9 Å². The summed E-state index contributed by atoms with van der Waals surface area (Å²) in [5.74, 6) is -22.9. The number of carbonyl (C=O) groups is 21. The number of aromatic nitrogens is 6. The van der Waals surface area contributed by atoms with Crippen LogP contribution in [-0.2, 0) is 126 Å². The van der Waals surface area contributed by atoms with Gasteiger partial charge < -0.3 is 158 Å². The van der Waals surface area contributed by atoms with Crippen LogP contribution in [0.3, 0.4) is 0 Å². The van der Waals surface area contributed by atoms with E-state index in [1.165, 1.54) is 25.0 Å². The summed E-state index contributed by atoms with van der Waals surface area (Å²) in [5, 5.41) is 92.3. The van der Waals surface area contributed by atoms with Crippen molar-refractivity contribution in [2.45, 2.75) is 248 Å². The first-order chi connectivity index (χ1) is 69.9. The van der Waals surface area contributed by atoms with E-state index in [1.54, 1.807) is 95.5 Å². The predicted octanol–water partition coefficient (Wildman–Crippen LogP) is -7.97. The maximum atomic E-state index is 14.7. The van der Waals surface area contributed by atoms with Gasteiger partial charge in [-0.2, -0.15) is 0 Å². The third kappa shape index (κ3) is 35.8. The van der Waals surface area contributed by atoms with E-state index in [1.807, 2.05) is 6.92 Å². The lowest BCUT2D eigenvalue weighted by Gasteiger charge is -2.31. The van der Waals surface area contributed by atoms with Crippen LogP contribution in [0.15, 0.2) is 86.0 Å². The number of fused-ring (bicyclic) bond motifs is 2. The van der Waals surface area contributed by atoms with Crippen molar-refractivity contribution >= 4 is 146 Å². The molecular weight excluding hydrogens is 1920 g/mol. The van der Waals surface area contributed by atoms with Crippen LogP contribution in [0.25, 0.3) is 21.8 Å². The van der Waals surface area contributed by atoms with E-state index >= 15 is 0 Å². The van der Waals surface area contributed by atoms with Crippen molar-refractivity contribution in [3.8, 4) is 0 Å². The number of nitrogens with one attached hydrogen (secondary N) is 20. The fourth-order valence-corrected chi connectivity index (χ4v) is 16.6. The highest BCUT2D eigenvalue weighted by Gasteiger charge is 2.45. The summed E-state index contributed by atoms with van der Waals surface area (Å²) >= 11 is 0. The number of imidazole rings is 2. The molecule has 17 atom stereocenters. The highest BCUT2D eigenvalue weighted by Crippen LogP contribution is 2.26. The summed E-state index contributed by atoms with van der Waals surface area (Å²) in [5.41, 5.74) is 20.4. The van der Waals surface area contributed by atoms with Gasteiger partial charge in [-0.05, 0) is 112 Å². The third-order valence-electron chi connectivity index (χ3n) is 24.6. The molecule has 2 saturated heterocycles. The fourth-order valence-electron chi connectivity index (χ4n) is 16.6. The highest BCUT2D eigenvalue weighted by molar-refractivity contribution is 6.03. The number of nitrogens with zero attached hydrogens (tertiary/aromatic N) is 4. The van der Waals surface area contributed by atoms with Crippen LogP contribution in [0.4, 0.5) is 0 Å². The Bertz CT molecular complexity index is 5590. The fraction of sp³-hybridized carbons (Fsp3) is 0.543. The topological polar surface area (TPSA) is 826 Å². The van der Waals surface area contributed by atoms with Gasteiger partial charge in [-0.25, -0.2) is 14.8 Å². The molecule has 6 aromatic rings. The molecule has 53 nitrogen and oxygen atoms in total. The summed E-state index contributed by atoms with van der Waals surface area (Å²) in [6.45, 7) is 5.92. The lowest BCUT2D eigenvalue weighted by atomic mass is 9.99. The van der Waals surface area contributed by atoms with Gasteiger partial charge in [0.15, 0.2) is 0 Å². The standard InChI is InChI=1S/C94H135N27O26/c1-8-49(6)78(97)90(142)105-41-74(127)108-60(27-47(2)3)84(136)113-63(32-54-38-99-46-107-54)86(138)115-66(34-77(130)131)93(145)121-26-16-23-71(121)89(141)118-69(44-123)87(139)112-62(31-53-37-98-45-106-53)80(132)103-42-76(129)119-79(50(7)124)91(143)116-65(28-48(4)5)92(144)120-25-15-22-70(120)88(140)114-64(33-72(96)125)81(133)102-40-75(128)110-68(43-122)82(134)104-39-73(126)109-61(29-51-35-100-57-19-11-9-17-55(51)57)85(137)111-59(21-13-14-24-95)83(135)117-67(94(146)147)30-52-36-101-58-20-12-10-18-56(52)58/h9-12,17-20,35-38,45-50,59-71,78-79,100-101,122-124H,8,13-16,21-34,39-44,95,97H2,1-7H3,(H2,96,125)(H,98,106)(H,99,107)(H,102,133)(H,103,132)(H,104,134)(H,105,142)(H,108,127)(H,109,126)(H,110,128)(H,111,137)(H,112,139)(H,113,136)(H,114,140)(H,115,138)(H,116,143)(H,117,135)(H,118,141)(H,119,129)(H,130,131)(H,146,147)/t49-,50+,59-,60-,61-,62-,63-,64-,65-,66-,67-,68-,69-,70-,71-,78-,79-/m0/s1. The number of likely N-dealkylation sites (tertiary alicyclic amines) is 2. The molecule has 2 aliphatic rings. The first-order valence-electron chi connectivity index (χ1n) is 48.4. The number of H-pyrrole nitrogens is 4. The number of nitrogens with two attached hydrogens (primary N) is 3. The number of aliphatic carboxylic acids is 2. The second-order valence-electron chi connectivity index (χ2n) is 37.0. The van der Waals surface area contributed by atoms with Crippen molar-refractivity contribution < 1.29 is 126 Å². The Morgan fingerprint density at radius 1 is 0.435 bits per heavy atom. The average Bonchev–Trinajstić information content (AvgIpc) is 1.71. The minimum absolute atomic E-state index is 0.00120. The Kier molecular flexibility index (Phi) is 45.6. The van der Waals surface area contributed by atoms with E-state index in [2.05, 4.69) is 115 Å². The van der Waals surface area contributed by atoms with E-state index < -0.39 is 280 Å². The van der Waals surface area contributed by atoms with Crippen LogP contribution < -0.4 is 102 Å². The molecule has 0 saturated carbocycles. The SMILES string of the molecule is CC[C@H](C)[C@H](N)C(=O)NCC(=O)N[C@@H](CC(C)C)C(=O)N[C@@H](Cc1cnc[nH]1)C(=O)N[C@@H](CC(=O)O)C(=O)N1CCC[C@H]1C(=O)N[C@@H](CO)C(=O)N[C@@H](Cc1cnc[nH]1)C(=O)NCC(=O)N[C@H](C(=O)N[C@@H](CC(C)C)C(=O)N1CCC[C@H]1C(=O)N[C@@H](CC(N)=O)C(=O)NCC(=O)N[C@@H](CO)C(=O)NCC(=O)N[C@@H](Cc1c[nH]c2ccccc12)C(=O)N[C@@H](CCCCN)C(=O)N[C@@H](Cc1c[nH]c2ccccc12)C(=O)O)[C@@H](C)O. The molecule has 4 aromatic heterocycles. The Balaban J connectivity index is 0.835. The average molecular weight is 2060 g/mol. The molecule has 147 heavy (non-hydrogen) atoms. The Hall–Kier alpha value is -15.4. The van der Waals surface area contributed by atoms with E-state index in [4.69, 9.17) is 17.2 Å². The zero-order valence-corrected chi connectivity index (χ0v) is 82.6. The molecule has 8 rings (SSSR count). The van der Waals surface area contributed by atoms with Gasteiger partial charge >= 0.3 is 11.9 Å². The molecule has 0 radical (unpaired) electrons. The van der Waals surface area contributed by atoms with E-state index in [-0.39, 0.29) is 107 Å². The van der Waals surface area contributed by atoms with E-state index in [0.29, 0.717) is 47.0 Å². The molecule has 31 N–H and O–H groups in total. The molecule has 19 amide bonds. The van der Waals surface area contributed by atoms with Crippen LogP contribution in [0.2, 0.25) is 0 Å². The molecule has 2 fully saturated rings. The summed E-state index contributed by atoms with van der Waals surface area (Å²) in [4.78, 5) is 311. The zero-order chi connectivity index (χ0) is 108. The monoisotopic (exact) mass is 2060 g/mol. The van der Waals surface area contributed by atoms with E-state index in [0.717, 1.165) is 27.6 Å². The summed E-state index contributed by atoms with van der Waals surface area (Å²) < 4.78 is 0. The molecule has 2 aliphatic heterocycles. The zero-order valence-electron chi connectivity index (χ0n) is 82.6. The molecule has 0 aliphatic carbocycles. The number of hydrogen-bond acceptors (Lipinski definition) is 28. The number of rotatable bonds is 60. The lowest BCUT2D eigenvalue weighted by Crippen LogP contribution is -2.61. The van der Waals surface area contributed by atoms with Gasteiger partial charge in [0.2, 0.25) is 112 Å². The summed E-state index contributed by atoms with van der Waals surface area (Å²) in [6.07, 6.45) is 5.06. The largest absolute Gasteiger partial charge is 0.481 e. The number of carbonyl (C=O) groups excluding carboxylic acids is 19. The Morgan fingerprint density at radius 3 is 1.30 bits per heavy atom. The quantitative estimate of drug-likeness (QED) is 0.0158. The molecule has 0 spiro atoms. The Labute approximate surface area is 843 Å². The molecule has 0 bridgehead atoms. The highest BCUT2D eigenvalue weighted by atomic mass is 16.4. The number of aliphatic hydroxyl groups is 3. The molecule has 0 unspecified atom stereocenters. The van der Waals surface area contributed by atoms with Gasteiger partial charge in [0.1, 0.15) is 84.6 Å².